The van der Waals surface area contributed by atoms with Crippen molar-refractivity contribution < 1.29 is 9.53 Å². The first-order valence-electron chi connectivity index (χ1n) is 8.85. The molecule has 9 heteroatoms. The zero-order valence-electron chi connectivity index (χ0n) is 16.2. The minimum atomic E-state index is -0.487. The van der Waals surface area contributed by atoms with E-state index in [2.05, 4.69) is 31.2 Å². The molecule has 0 radical (unpaired) electrons. The zero-order valence-corrected chi connectivity index (χ0v) is 17.8. The highest BCUT2D eigenvalue weighted by Gasteiger charge is 2.27. The van der Waals surface area contributed by atoms with Crippen LogP contribution in [0.2, 0.25) is 0 Å². The van der Waals surface area contributed by atoms with Crippen LogP contribution in [-0.4, -0.2) is 51.9 Å². The lowest BCUT2D eigenvalue weighted by molar-refractivity contribution is 0.0201. The molecule has 2 rings (SSSR count). The molecule has 0 spiro atoms. The van der Waals surface area contributed by atoms with E-state index in [0.717, 1.165) is 18.5 Å². The molecule has 1 aliphatic rings. The number of amides is 1. The standard InChI is InChI=1S/C18H27BrN6O2/c1-11(13(9-20)14-10-22-16(21)15(19)24-14)23-12-5-7-25(8-6-12)17(26)27-18(2,3)4/h9-10,12,20,23H,5-8H2,1-4H3,(H2,21,22)/b13-11+,20-9?. The second kappa shape index (κ2) is 8.69. The second-order valence-corrected chi connectivity index (χ2v) is 8.25. The summed E-state index contributed by atoms with van der Waals surface area (Å²) >= 11 is 3.27. The number of nitrogens with zero attached hydrogens (tertiary/aromatic N) is 3. The number of likely N-dealkylation sites (tertiary alicyclic amines) is 1. The average Bonchev–Trinajstić information content (AvgIpc) is 2.57. The molecule has 4 N–H and O–H groups in total. The van der Waals surface area contributed by atoms with Crippen molar-refractivity contribution >= 4 is 39.6 Å². The Kier molecular flexibility index (Phi) is 6.80. The highest BCUT2D eigenvalue weighted by Crippen LogP contribution is 2.21. The van der Waals surface area contributed by atoms with E-state index in [0.29, 0.717) is 34.8 Å². The van der Waals surface area contributed by atoms with E-state index in [9.17, 15) is 4.79 Å². The molecule has 0 aromatic carbocycles. The molecule has 27 heavy (non-hydrogen) atoms. The predicted octanol–water partition coefficient (Wildman–Crippen LogP) is 3.19. The summed E-state index contributed by atoms with van der Waals surface area (Å²) in [5.41, 5.74) is 7.25. The number of nitrogens with two attached hydrogens (primary N) is 1. The number of allylic oxidation sites excluding steroid dienone is 2. The van der Waals surface area contributed by atoms with Crippen LogP contribution in [0.25, 0.3) is 5.57 Å². The first-order chi connectivity index (χ1) is 12.6. The summed E-state index contributed by atoms with van der Waals surface area (Å²) in [7, 11) is 0. The van der Waals surface area contributed by atoms with Gasteiger partial charge in [0.25, 0.3) is 0 Å². The highest BCUT2D eigenvalue weighted by atomic mass is 79.9. The van der Waals surface area contributed by atoms with Gasteiger partial charge in [-0.15, -0.1) is 0 Å². The maximum Gasteiger partial charge on any atom is 0.410 e. The number of carbonyl (C=O) groups excluding carboxylic acids is 1. The number of nitrogen functional groups attached to an aromatic ring is 1. The molecule has 1 amide bonds. The average molecular weight is 439 g/mol. The second-order valence-electron chi connectivity index (χ2n) is 7.50. The molecule has 1 saturated heterocycles. The molecule has 0 aliphatic carbocycles. The number of piperidine rings is 1. The number of anilines is 1. The van der Waals surface area contributed by atoms with Crippen LogP contribution < -0.4 is 11.1 Å². The van der Waals surface area contributed by atoms with E-state index in [4.69, 9.17) is 15.9 Å². The van der Waals surface area contributed by atoms with Crippen molar-refractivity contribution in [3.8, 4) is 0 Å². The largest absolute Gasteiger partial charge is 0.444 e. The molecule has 0 saturated carbocycles. The molecule has 0 atom stereocenters. The molecule has 2 heterocycles. The van der Waals surface area contributed by atoms with Gasteiger partial charge in [0, 0.05) is 36.6 Å². The van der Waals surface area contributed by atoms with Gasteiger partial charge in [0.05, 0.1) is 11.9 Å². The summed E-state index contributed by atoms with van der Waals surface area (Å²) < 4.78 is 5.88. The van der Waals surface area contributed by atoms with Crippen LogP contribution in [0, 0.1) is 5.41 Å². The van der Waals surface area contributed by atoms with Crippen molar-refractivity contribution in [1.82, 2.24) is 20.2 Å². The van der Waals surface area contributed by atoms with E-state index in [1.807, 2.05) is 27.7 Å². The SMILES string of the molecule is C/C(NC1CCN(C(=O)OC(C)(C)C)CC1)=C(/C=N)c1cnc(N)c(Br)n1. The van der Waals surface area contributed by atoms with Gasteiger partial charge in [-0.05, 0) is 56.5 Å². The third-order valence-electron chi connectivity index (χ3n) is 4.15. The Morgan fingerprint density at radius 3 is 2.59 bits per heavy atom. The number of halogens is 1. The summed E-state index contributed by atoms with van der Waals surface area (Å²) in [5.74, 6) is 0.309. The van der Waals surface area contributed by atoms with Crippen LogP contribution >= 0.6 is 15.9 Å². The number of rotatable bonds is 4. The van der Waals surface area contributed by atoms with E-state index in [1.54, 1.807) is 11.1 Å². The van der Waals surface area contributed by atoms with Crippen LogP contribution in [0.15, 0.2) is 16.5 Å². The molecular weight excluding hydrogens is 412 g/mol. The van der Waals surface area contributed by atoms with Crippen LogP contribution in [0.5, 0.6) is 0 Å². The first kappa shape index (κ1) is 21.1. The zero-order chi connectivity index (χ0) is 20.2. The van der Waals surface area contributed by atoms with Crippen molar-refractivity contribution in [3.63, 3.8) is 0 Å². The maximum atomic E-state index is 12.2. The molecule has 1 aromatic heterocycles. The summed E-state index contributed by atoms with van der Waals surface area (Å²) in [5, 5.41) is 11.2. The lowest BCUT2D eigenvalue weighted by Crippen LogP contribution is -2.46. The summed E-state index contributed by atoms with van der Waals surface area (Å²) in [6.07, 6.45) is 4.15. The molecule has 0 bridgehead atoms. The molecule has 148 valence electrons. The van der Waals surface area contributed by atoms with Crippen LogP contribution in [0.1, 0.15) is 46.2 Å². The van der Waals surface area contributed by atoms with Gasteiger partial charge >= 0.3 is 6.09 Å². The van der Waals surface area contributed by atoms with Crippen LogP contribution in [-0.2, 0) is 4.74 Å². The number of hydrogen-bond donors (Lipinski definition) is 3. The minimum absolute atomic E-state index is 0.212. The normalized spacial score (nSPS) is 16.6. The van der Waals surface area contributed by atoms with Gasteiger partial charge in [-0.1, -0.05) is 0 Å². The van der Waals surface area contributed by atoms with Gasteiger partial charge in [0.2, 0.25) is 0 Å². The maximum absolute atomic E-state index is 12.2. The monoisotopic (exact) mass is 438 g/mol. The quantitative estimate of drug-likeness (QED) is 0.621. The fourth-order valence-corrected chi connectivity index (χ4v) is 3.09. The van der Waals surface area contributed by atoms with Crippen molar-refractivity contribution in [1.29, 1.82) is 5.41 Å². The molecule has 1 fully saturated rings. The number of hydrogen-bond acceptors (Lipinski definition) is 7. The lowest BCUT2D eigenvalue weighted by Gasteiger charge is -2.34. The highest BCUT2D eigenvalue weighted by molar-refractivity contribution is 9.10. The lowest BCUT2D eigenvalue weighted by atomic mass is 10.0. The van der Waals surface area contributed by atoms with Crippen molar-refractivity contribution in [2.45, 2.75) is 52.2 Å². The topological polar surface area (TPSA) is 117 Å². The van der Waals surface area contributed by atoms with Crippen molar-refractivity contribution in [2.75, 3.05) is 18.8 Å². The summed E-state index contributed by atoms with van der Waals surface area (Å²) in [4.78, 5) is 22.3. The van der Waals surface area contributed by atoms with Gasteiger partial charge in [0.15, 0.2) is 5.82 Å². The first-order valence-corrected chi connectivity index (χ1v) is 9.64. The van der Waals surface area contributed by atoms with E-state index in [-0.39, 0.29) is 12.1 Å². The number of carbonyl (C=O) groups is 1. The Balaban J connectivity index is 2.00. The Morgan fingerprint density at radius 1 is 1.44 bits per heavy atom. The van der Waals surface area contributed by atoms with Gasteiger partial charge in [0.1, 0.15) is 10.2 Å². The Hall–Kier alpha value is -2.16. The minimum Gasteiger partial charge on any atom is -0.444 e. The van der Waals surface area contributed by atoms with Gasteiger partial charge in [-0.2, -0.15) is 0 Å². The van der Waals surface area contributed by atoms with E-state index >= 15 is 0 Å². The molecule has 8 nitrogen and oxygen atoms in total. The Labute approximate surface area is 168 Å². The van der Waals surface area contributed by atoms with Crippen molar-refractivity contribution in [2.24, 2.45) is 0 Å². The summed E-state index contributed by atoms with van der Waals surface area (Å²) in [6, 6.07) is 0.212. The molecule has 1 aromatic rings. The number of aromatic nitrogens is 2. The van der Waals surface area contributed by atoms with Gasteiger partial charge in [-0.25, -0.2) is 14.8 Å². The fourth-order valence-electron chi connectivity index (χ4n) is 2.80. The van der Waals surface area contributed by atoms with Gasteiger partial charge < -0.3 is 26.1 Å². The molecular formula is C18H27BrN6O2. The van der Waals surface area contributed by atoms with E-state index < -0.39 is 5.60 Å². The smallest absolute Gasteiger partial charge is 0.410 e. The van der Waals surface area contributed by atoms with E-state index in [1.165, 1.54) is 6.21 Å². The number of ether oxygens (including phenoxy) is 1. The molecule has 0 unspecified atom stereocenters. The predicted molar refractivity (Wildman–Crippen MR) is 109 cm³/mol. The third-order valence-corrected chi connectivity index (χ3v) is 4.73. The van der Waals surface area contributed by atoms with Crippen molar-refractivity contribution in [3.05, 3.63) is 22.2 Å². The number of nitrogens with one attached hydrogen (secondary N) is 2. The van der Waals surface area contributed by atoms with Crippen LogP contribution in [0.4, 0.5) is 10.6 Å². The Bertz CT molecular complexity index is 736. The van der Waals surface area contributed by atoms with Gasteiger partial charge in [-0.3, -0.25) is 0 Å². The molecule has 1 aliphatic heterocycles. The fraction of sp³-hybridized carbons (Fsp3) is 0.556. The Morgan fingerprint density at radius 2 is 2.07 bits per heavy atom. The van der Waals surface area contributed by atoms with Crippen LogP contribution in [0.3, 0.4) is 0 Å². The summed E-state index contributed by atoms with van der Waals surface area (Å²) in [6.45, 7) is 8.77. The third kappa shape index (κ3) is 5.92.